The number of fused-ring (bicyclic) bond motifs is 1. The van der Waals surface area contributed by atoms with Gasteiger partial charge in [0.1, 0.15) is 0 Å². The smallest absolute Gasteiger partial charge is 0.275 e. The number of piperazine rings is 1. The molecule has 5 aliphatic rings. The second-order valence-corrected chi connectivity index (χ2v) is 10.4. The number of hydrogen-bond acceptors (Lipinski definition) is 3. The molecule has 7 rings (SSSR count). The lowest BCUT2D eigenvalue weighted by molar-refractivity contribution is -0.159. The molecule has 4 bridgehead atoms. The Morgan fingerprint density at radius 1 is 0.967 bits per heavy atom. The third-order valence-electron chi connectivity index (χ3n) is 8.27. The van der Waals surface area contributed by atoms with Gasteiger partial charge in [0.05, 0.1) is 10.9 Å². The van der Waals surface area contributed by atoms with E-state index in [0.717, 1.165) is 53.5 Å². The van der Waals surface area contributed by atoms with Crippen molar-refractivity contribution in [2.45, 2.75) is 45.4 Å². The number of carbonyl (C=O) groups is 2. The molecule has 0 atom stereocenters. The van der Waals surface area contributed by atoms with Gasteiger partial charge in [-0.25, -0.2) is 0 Å². The first-order valence-electron chi connectivity index (χ1n) is 11.5. The standard InChI is InChI=1S/C24H30N4O2/c1-15-2-3-20-19(8-15)21(26-25-20)22(29)27-4-6-28(7-5-27)23(30)24-12-16-9-17(13-24)11-18(10-16)14-24/h2-3,8,16-18H,4-7,9-14H2,1H3,(H,25,26). The van der Waals surface area contributed by atoms with Crippen molar-refractivity contribution in [3.8, 4) is 0 Å². The first-order chi connectivity index (χ1) is 14.5. The molecule has 0 spiro atoms. The number of carbonyl (C=O) groups excluding carboxylic acids is 2. The Labute approximate surface area is 177 Å². The van der Waals surface area contributed by atoms with Crippen molar-refractivity contribution in [1.82, 2.24) is 20.0 Å². The second kappa shape index (κ2) is 6.56. The Balaban J connectivity index is 1.15. The number of aromatic amines is 1. The van der Waals surface area contributed by atoms with Crippen LogP contribution in [0.3, 0.4) is 0 Å². The van der Waals surface area contributed by atoms with Gasteiger partial charge in [-0.05, 0) is 75.3 Å². The lowest BCUT2D eigenvalue weighted by Gasteiger charge is -2.57. The van der Waals surface area contributed by atoms with E-state index in [-0.39, 0.29) is 11.3 Å². The predicted octanol–water partition coefficient (Wildman–Crippen LogP) is 3.37. The average Bonchev–Trinajstić information content (AvgIpc) is 3.15. The number of H-pyrrole nitrogens is 1. The maximum Gasteiger partial charge on any atom is 0.275 e. The number of nitrogens with zero attached hydrogens (tertiary/aromatic N) is 3. The highest BCUT2D eigenvalue weighted by Crippen LogP contribution is 2.60. The first kappa shape index (κ1) is 18.4. The SMILES string of the molecule is Cc1ccc2[nH]nc(C(=O)N3CCN(C(=O)C45CC6CC(CC(C6)C4)C5)CC3)c2c1. The van der Waals surface area contributed by atoms with E-state index >= 15 is 0 Å². The van der Waals surface area contributed by atoms with Crippen LogP contribution in [0, 0.1) is 30.1 Å². The molecule has 5 fully saturated rings. The zero-order chi connectivity index (χ0) is 20.5. The largest absolute Gasteiger partial charge is 0.339 e. The molecule has 158 valence electrons. The molecule has 4 aliphatic carbocycles. The van der Waals surface area contributed by atoms with Crippen LogP contribution in [0.1, 0.15) is 54.6 Å². The predicted molar refractivity (Wildman–Crippen MR) is 114 cm³/mol. The summed E-state index contributed by atoms with van der Waals surface area (Å²) in [6, 6.07) is 6.00. The van der Waals surface area contributed by atoms with Crippen molar-refractivity contribution in [2.24, 2.45) is 23.2 Å². The number of amides is 2. The zero-order valence-electron chi connectivity index (χ0n) is 17.7. The molecule has 0 radical (unpaired) electrons. The summed E-state index contributed by atoms with van der Waals surface area (Å²) in [5.41, 5.74) is 2.41. The summed E-state index contributed by atoms with van der Waals surface area (Å²) in [5, 5.41) is 8.15. The van der Waals surface area contributed by atoms with E-state index in [0.29, 0.717) is 37.8 Å². The molecule has 1 aliphatic heterocycles. The minimum absolute atomic E-state index is 0.0336. The van der Waals surface area contributed by atoms with Crippen LogP contribution in [0.25, 0.3) is 10.9 Å². The van der Waals surface area contributed by atoms with Crippen LogP contribution in [0.5, 0.6) is 0 Å². The third-order valence-corrected chi connectivity index (χ3v) is 8.27. The monoisotopic (exact) mass is 406 g/mol. The van der Waals surface area contributed by atoms with Crippen molar-refractivity contribution in [1.29, 1.82) is 0 Å². The number of aromatic nitrogens is 2. The molecule has 6 nitrogen and oxygen atoms in total. The lowest BCUT2D eigenvalue weighted by Crippen LogP contribution is -2.58. The van der Waals surface area contributed by atoms with E-state index in [1.807, 2.05) is 30.0 Å². The molecular weight excluding hydrogens is 376 g/mol. The van der Waals surface area contributed by atoms with Crippen LogP contribution in [-0.2, 0) is 4.79 Å². The van der Waals surface area contributed by atoms with Gasteiger partial charge in [0, 0.05) is 31.6 Å². The van der Waals surface area contributed by atoms with Gasteiger partial charge in [-0.15, -0.1) is 0 Å². The second-order valence-electron chi connectivity index (χ2n) is 10.4. The highest BCUT2D eigenvalue weighted by molar-refractivity contribution is 6.04. The molecular formula is C24H30N4O2. The number of rotatable bonds is 2. The van der Waals surface area contributed by atoms with Gasteiger partial charge in [0.2, 0.25) is 5.91 Å². The average molecular weight is 407 g/mol. The fraction of sp³-hybridized carbons (Fsp3) is 0.625. The lowest BCUT2D eigenvalue weighted by atomic mass is 9.49. The van der Waals surface area contributed by atoms with Crippen molar-refractivity contribution < 1.29 is 9.59 Å². The van der Waals surface area contributed by atoms with Gasteiger partial charge >= 0.3 is 0 Å². The molecule has 1 N–H and O–H groups in total. The molecule has 2 heterocycles. The van der Waals surface area contributed by atoms with Crippen molar-refractivity contribution in [2.75, 3.05) is 26.2 Å². The summed E-state index contributed by atoms with van der Waals surface area (Å²) in [5.74, 6) is 2.68. The maximum atomic E-state index is 13.6. The topological polar surface area (TPSA) is 69.3 Å². The summed E-state index contributed by atoms with van der Waals surface area (Å²) >= 11 is 0. The summed E-state index contributed by atoms with van der Waals surface area (Å²) in [6.45, 7) is 4.51. The highest BCUT2D eigenvalue weighted by Gasteiger charge is 2.55. The number of benzene rings is 1. The number of aryl methyl sites for hydroxylation is 1. The summed E-state index contributed by atoms with van der Waals surface area (Å²) in [4.78, 5) is 30.6. The maximum absolute atomic E-state index is 13.6. The van der Waals surface area contributed by atoms with Crippen LogP contribution in [-0.4, -0.2) is 58.0 Å². The van der Waals surface area contributed by atoms with Gasteiger partial charge in [-0.3, -0.25) is 14.7 Å². The van der Waals surface area contributed by atoms with E-state index in [9.17, 15) is 9.59 Å². The van der Waals surface area contributed by atoms with E-state index in [2.05, 4.69) is 15.1 Å². The van der Waals surface area contributed by atoms with Crippen molar-refractivity contribution in [3.05, 3.63) is 29.5 Å². The Kier molecular flexibility index (Phi) is 4.03. The minimum Gasteiger partial charge on any atom is -0.339 e. The quantitative estimate of drug-likeness (QED) is 0.831. The molecule has 2 aromatic rings. The molecule has 1 saturated heterocycles. The molecule has 2 amide bonds. The van der Waals surface area contributed by atoms with Crippen LogP contribution in [0.2, 0.25) is 0 Å². The zero-order valence-corrected chi connectivity index (χ0v) is 17.7. The fourth-order valence-electron chi connectivity index (χ4n) is 7.26. The van der Waals surface area contributed by atoms with Crippen molar-refractivity contribution in [3.63, 3.8) is 0 Å². The summed E-state index contributed by atoms with van der Waals surface area (Å²) < 4.78 is 0. The normalized spacial score (nSPS) is 32.8. The Morgan fingerprint density at radius 3 is 2.20 bits per heavy atom. The summed E-state index contributed by atoms with van der Waals surface area (Å²) in [6.07, 6.45) is 7.38. The van der Waals surface area contributed by atoms with Crippen LogP contribution >= 0.6 is 0 Å². The van der Waals surface area contributed by atoms with Gasteiger partial charge in [-0.1, -0.05) is 11.6 Å². The summed E-state index contributed by atoms with van der Waals surface area (Å²) in [7, 11) is 0. The first-order valence-corrected chi connectivity index (χ1v) is 11.5. The van der Waals surface area contributed by atoms with Crippen LogP contribution in [0.15, 0.2) is 18.2 Å². The number of nitrogens with one attached hydrogen (secondary N) is 1. The third kappa shape index (κ3) is 2.79. The van der Waals surface area contributed by atoms with Crippen LogP contribution in [0.4, 0.5) is 0 Å². The van der Waals surface area contributed by atoms with E-state index in [4.69, 9.17) is 0 Å². The van der Waals surface area contributed by atoms with E-state index in [1.54, 1.807) is 0 Å². The molecule has 0 unspecified atom stereocenters. The van der Waals surface area contributed by atoms with E-state index in [1.165, 1.54) is 19.3 Å². The van der Waals surface area contributed by atoms with Crippen LogP contribution < -0.4 is 0 Å². The van der Waals surface area contributed by atoms with Gasteiger partial charge in [-0.2, -0.15) is 5.10 Å². The van der Waals surface area contributed by atoms with Gasteiger partial charge < -0.3 is 9.80 Å². The minimum atomic E-state index is -0.0865. The van der Waals surface area contributed by atoms with Gasteiger partial charge in [0.15, 0.2) is 5.69 Å². The van der Waals surface area contributed by atoms with Crippen molar-refractivity contribution >= 4 is 22.7 Å². The fourth-order valence-corrected chi connectivity index (χ4v) is 7.26. The molecule has 30 heavy (non-hydrogen) atoms. The van der Waals surface area contributed by atoms with Gasteiger partial charge in [0.25, 0.3) is 5.91 Å². The molecule has 4 saturated carbocycles. The number of hydrogen-bond donors (Lipinski definition) is 1. The Hall–Kier alpha value is -2.37. The van der Waals surface area contributed by atoms with E-state index < -0.39 is 0 Å². The Morgan fingerprint density at radius 2 is 1.57 bits per heavy atom. The molecule has 6 heteroatoms. The molecule has 1 aromatic heterocycles. The highest BCUT2D eigenvalue weighted by atomic mass is 16.2. The molecule has 1 aromatic carbocycles. The Bertz CT molecular complexity index is 982.